The van der Waals surface area contributed by atoms with E-state index in [0.717, 1.165) is 17.0 Å². The number of aromatic nitrogens is 4. The van der Waals surface area contributed by atoms with Crippen LogP contribution in [0.5, 0.6) is 0 Å². The number of nitrogens with one attached hydrogen (secondary N) is 2. The van der Waals surface area contributed by atoms with Gasteiger partial charge in [-0.2, -0.15) is 13.2 Å². The summed E-state index contributed by atoms with van der Waals surface area (Å²) in [5.41, 5.74) is 0.921. The van der Waals surface area contributed by atoms with Crippen LogP contribution in [-0.4, -0.2) is 24.5 Å². The van der Waals surface area contributed by atoms with E-state index >= 15 is 0 Å². The van der Waals surface area contributed by atoms with Gasteiger partial charge < -0.3 is 14.8 Å². The zero-order chi connectivity index (χ0) is 21.3. The highest BCUT2D eigenvalue weighted by Crippen LogP contribution is 2.32. The first-order valence-electron chi connectivity index (χ1n) is 8.92. The van der Waals surface area contributed by atoms with E-state index < -0.39 is 18.0 Å². The zero-order valence-electron chi connectivity index (χ0n) is 15.6. The minimum Gasteiger partial charge on any atom is -0.373 e. The summed E-state index contributed by atoms with van der Waals surface area (Å²) < 4.78 is 39.7. The molecule has 0 radical (unpaired) electrons. The zero-order valence-corrected chi connectivity index (χ0v) is 16.4. The number of fused-ring (bicyclic) bond motifs is 1. The van der Waals surface area contributed by atoms with E-state index in [-0.39, 0.29) is 6.04 Å². The molecule has 11 heteroatoms. The van der Waals surface area contributed by atoms with E-state index in [2.05, 4.69) is 25.6 Å². The number of benzene rings is 1. The quantitative estimate of drug-likeness (QED) is 0.393. The van der Waals surface area contributed by atoms with E-state index in [0.29, 0.717) is 22.2 Å². The topological polar surface area (TPSA) is 87.4 Å². The van der Waals surface area contributed by atoms with Crippen molar-refractivity contribution in [2.24, 2.45) is 0 Å². The fraction of sp³-hybridized carbons (Fsp3) is 0.211. The van der Waals surface area contributed by atoms with Gasteiger partial charge in [-0.25, -0.2) is 9.97 Å². The van der Waals surface area contributed by atoms with Crippen molar-refractivity contribution >= 4 is 27.8 Å². The van der Waals surface area contributed by atoms with Gasteiger partial charge in [0.15, 0.2) is 10.8 Å². The molecule has 0 saturated carbocycles. The average molecular weight is 434 g/mol. The average Bonchev–Trinajstić information content (AvgIpc) is 3.36. The predicted octanol–water partition coefficient (Wildman–Crippen LogP) is 4.29. The SMILES string of the molecule is CC(NC(O)c1cn2ccnc2cn1)c1cnc(Nc2ccc(C(F)(F)F)cc2)s1. The van der Waals surface area contributed by atoms with E-state index in [1.54, 1.807) is 35.4 Å². The Morgan fingerprint density at radius 2 is 1.87 bits per heavy atom. The van der Waals surface area contributed by atoms with Gasteiger partial charge in [0.2, 0.25) is 0 Å². The Morgan fingerprint density at radius 1 is 1.10 bits per heavy atom. The lowest BCUT2D eigenvalue weighted by atomic mass is 10.2. The summed E-state index contributed by atoms with van der Waals surface area (Å²) in [5.74, 6) is 0. The molecule has 0 fully saturated rings. The van der Waals surface area contributed by atoms with Crippen molar-refractivity contribution in [3.63, 3.8) is 0 Å². The maximum absolute atomic E-state index is 12.7. The van der Waals surface area contributed by atoms with Crippen molar-refractivity contribution < 1.29 is 18.3 Å². The number of anilines is 2. The summed E-state index contributed by atoms with van der Waals surface area (Å²) in [5, 5.41) is 17.0. The molecule has 0 bridgehead atoms. The van der Waals surface area contributed by atoms with Crippen LogP contribution in [0.1, 0.15) is 35.3 Å². The van der Waals surface area contributed by atoms with Crippen LogP contribution in [0, 0.1) is 0 Å². The minimum absolute atomic E-state index is 0.235. The second-order valence-corrected chi connectivity index (χ2v) is 7.63. The molecule has 3 N–H and O–H groups in total. The van der Waals surface area contributed by atoms with Crippen LogP contribution in [0.3, 0.4) is 0 Å². The van der Waals surface area contributed by atoms with Crippen molar-refractivity contribution in [2.45, 2.75) is 25.4 Å². The summed E-state index contributed by atoms with van der Waals surface area (Å²) in [4.78, 5) is 13.4. The Bertz CT molecular complexity index is 1140. The molecule has 0 aliphatic carbocycles. The van der Waals surface area contributed by atoms with Crippen LogP contribution >= 0.6 is 11.3 Å². The molecule has 3 aromatic heterocycles. The molecule has 30 heavy (non-hydrogen) atoms. The molecule has 1 aromatic carbocycles. The molecule has 4 aromatic rings. The molecule has 4 rings (SSSR count). The number of nitrogens with zero attached hydrogens (tertiary/aromatic N) is 4. The lowest BCUT2D eigenvalue weighted by Crippen LogP contribution is -2.24. The van der Waals surface area contributed by atoms with E-state index in [1.807, 2.05) is 6.92 Å². The fourth-order valence-corrected chi connectivity index (χ4v) is 3.65. The standard InChI is InChI=1S/C19H17F3N6OS/c1-11(26-17(29)14-10-28-7-6-23-16(28)9-24-14)15-8-25-18(30-15)27-13-4-2-12(3-5-13)19(20,21)22/h2-11,17,26,29H,1H3,(H,25,27). The first-order chi connectivity index (χ1) is 14.3. The number of imidazole rings is 1. The van der Waals surface area contributed by atoms with Crippen LogP contribution in [0.2, 0.25) is 0 Å². The lowest BCUT2D eigenvalue weighted by Gasteiger charge is -2.17. The number of hydrogen-bond donors (Lipinski definition) is 3. The molecule has 156 valence electrons. The third kappa shape index (κ3) is 4.42. The first kappa shape index (κ1) is 20.3. The molecule has 0 aliphatic heterocycles. The summed E-state index contributed by atoms with van der Waals surface area (Å²) in [7, 11) is 0. The normalized spacial score (nSPS) is 14.0. The van der Waals surface area contributed by atoms with Crippen LogP contribution in [0.25, 0.3) is 5.65 Å². The Morgan fingerprint density at radius 3 is 2.60 bits per heavy atom. The lowest BCUT2D eigenvalue weighted by molar-refractivity contribution is -0.137. The number of alkyl halides is 3. The van der Waals surface area contributed by atoms with Crippen molar-refractivity contribution in [3.05, 3.63) is 71.4 Å². The van der Waals surface area contributed by atoms with Crippen LogP contribution in [0.4, 0.5) is 24.0 Å². The van der Waals surface area contributed by atoms with Gasteiger partial charge in [0.25, 0.3) is 0 Å². The van der Waals surface area contributed by atoms with Crippen molar-refractivity contribution in [1.82, 2.24) is 24.7 Å². The monoisotopic (exact) mass is 434 g/mol. The smallest absolute Gasteiger partial charge is 0.373 e. The number of aliphatic hydroxyl groups is 1. The van der Waals surface area contributed by atoms with Gasteiger partial charge in [0.05, 0.1) is 11.8 Å². The van der Waals surface area contributed by atoms with Gasteiger partial charge in [-0.3, -0.25) is 10.3 Å². The molecule has 3 heterocycles. The highest BCUT2D eigenvalue weighted by atomic mass is 32.1. The van der Waals surface area contributed by atoms with Crippen molar-refractivity contribution in [3.8, 4) is 0 Å². The third-order valence-corrected chi connectivity index (χ3v) is 5.50. The molecule has 2 atom stereocenters. The Labute approximate surface area is 173 Å². The van der Waals surface area contributed by atoms with Crippen LogP contribution in [0.15, 0.2) is 55.2 Å². The van der Waals surface area contributed by atoms with E-state index in [4.69, 9.17) is 0 Å². The second-order valence-electron chi connectivity index (χ2n) is 6.56. The molecule has 0 aliphatic rings. The molecule has 7 nitrogen and oxygen atoms in total. The maximum Gasteiger partial charge on any atom is 0.416 e. The molecule has 0 amide bonds. The predicted molar refractivity (Wildman–Crippen MR) is 106 cm³/mol. The van der Waals surface area contributed by atoms with Crippen LogP contribution < -0.4 is 10.6 Å². The fourth-order valence-electron chi connectivity index (χ4n) is 2.80. The number of rotatable bonds is 6. The number of hydrogen-bond acceptors (Lipinski definition) is 7. The highest BCUT2D eigenvalue weighted by Gasteiger charge is 2.30. The molecular formula is C19H17F3N6OS. The summed E-state index contributed by atoms with van der Waals surface area (Å²) in [6.45, 7) is 1.87. The van der Waals surface area contributed by atoms with Gasteiger partial charge in [-0.15, -0.1) is 11.3 Å². The third-order valence-electron chi connectivity index (χ3n) is 4.40. The first-order valence-corrected chi connectivity index (χ1v) is 9.74. The maximum atomic E-state index is 12.7. The molecule has 0 spiro atoms. The Kier molecular flexibility index (Phi) is 5.41. The Hall–Kier alpha value is -3.02. The second kappa shape index (κ2) is 8.01. The van der Waals surface area contributed by atoms with E-state index in [9.17, 15) is 18.3 Å². The van der Waals surface area contributed by atoms with Gasteiger partial charge in [0, 0.05) is 41.4 Å². The summed E-state index contributed by atoms with van der Waals surface area (Å²) in [6, 6.07) is 4.50. The van der Waals surface area contributed by atoms with Crippen LogP contribution in [-0.2, 0) is 6.18 Å². The number of halogens is 3. The summed E-state index contributed by atoms with van der Waals surface area (Å²) in [6.07, 6.45) is 2.95. The van der Waals surface area contributed by atoms with Gasteiger partial charge in [0.1, 0.15) is 11.9 Å². The minimum atomic E-state index is -4.37. The highest BCUT2D eigenvalue weighted by molar-refractivity contribution is 7.15. The number of thiazole rings is 1. The largest absolute Gasteiger partial charge is 0.416 e. The molecule has 2 unspecified atom stereocenters. The van der Waals surface area contributed by atoms with Gasteiger partial charge in [-0.05, 0) is 31.2 Å². The molecular weight excluding hydrogens is 417 g/mol. The van der Waals surface area contributed by atoms with Gasteiger partial charge >= 0.3 is 6.18 Å². The molecule has 0 saturated heterocycles. The number of aliphatic hydroxyl groups excluding tert-OH is 1. The van der Waals surface area contributed by atoms with Crippen molar-refractivity contribution in [2.75, 3.05) is 5.32 Å². The Balaban J connectivity index is 1.40. The van der Waals surface area contributed by atoms with E-state index in [1.165, 1.54) is 23.5 Å². The van der Waals surface area contributed by atoms with Crippen molar-refractivity contribution in [1.29, 1.82) is 0 Å². The van der Waals surface area contributed by atoms with Gasteiger partial charge in [-0.1, -0.05) is 0 Å². The summed E-state index contributed by atoms with van der Waals surface area (Å²) >= 11 is 1.33.